The fourth-order valence-electron chi connectivity index (χ4n) is 3.24. The summed E-state index contributed by atoms with van der Waals surface area (Å²) in [6, 6.07) is 1.24. The van der Waals surface area contributed by atoms with Crippen LogP contribution in [-0.4, -0.2) is 41.0 Å². The fourth-order valence-corrected chi connectivity index (χ4v) is 3.24. The Morgan fingerprint density at radius 1 is 1.12 bits per heavy atom. The minimum Gasteiger partial charge on any atom is -0.325 e. The summed E-state index contributed by atoms with van der Waals surface area (Å²) in [6.45, 7) is 6.34. The predicted octanol–water partition coefficient (Wildman–Crippen LogP) is 3.25. The monoisotopic (exact) mass is 238 g/mol. The first-order chi connectivity index (χ1) is 8.24. The van der Waals surface area contributed by atoms with Crippen LogP contribution in [0.4, 0.5) is 4.79 Å². The lowest BCUT2D eigenvalue weighted by molar-refractivity contribution is 0.134. The standard InChI is InChI=1S/C14H26N2O/c1-3-13-9-8-12(2)16(13)14(17)15-10-6-4-5-7-11-15/h12-13H,3-11H2,1-2H3. The third kappa shape index (κ3) is 2.75. The lowest BCUT2D eigenvalue weighted by Crippen LogP contribution is -2.48. The molecule has 98 valence electrons. The van der Waals surface area contributed by atoms with E-state index in [1.807, 2.05) is 0 Å². The summed E-state index contributed by atoms with van der Waals surface area (Å²) in [5.41, 5.74) is 0. The van der Waals surface area contributed by atoms with Crippen LogP contribution in [0.15, 0.2) is 0 Å². The molecule has 0 radical (unpaired) electrons. The minimum atomic E-state index is 0.309. The van der Waals surface area contributed by atoms with Crippen LogP contribution < -0.4 is 0 Å². The van der Waals surface area contributed by atoms with Gasteiger partial charge in [-0.25, -0.2) is 4.79 Å². The van der Waals surface area contributed by atoms with E-state index in [1.54, 1.807) is 0 Å². The molecule has 2 unspecified atom stereocenters. The van der Waals surface area contributed by atoms with E-state index in [1.165, 1.54) is 38.5 Å². The molecule has 2 heterocycles. The van der Waals surface area contributed by atoms with Gasteiger partial charge in [-0.05, 0) is 39.0 Å². The van der Waals surface area contributed by atoms with Crippen LogP contribution in [0.1, 0.15) is 58.8 Å². The number of hydrogen-bond acceptors (Lipinski definition) is 1. The molecule has 3 nitrogen and oxygen atoms in total. The number of amides is 2. The maximum atomic E-state index is 12.6. The second kappa shape index (κ2) is 5.74. The smallest absolute Gasteiger partial charge is 0.320 e. The highest BCUT2D eigenvalue weighted by Gasteiger charge is 2.35. The Labute approximate surface area is 105 Å². The molecule has 0 N–H and O–H groups in total. The van der Waals surface area contributed by atoms with Crippen LogP contribution in [0.25, 0.3) is 0 Å². The third-order valence-electron chi connectivity index (χ3n) is 4.35. The molecular weight excluding hydrogens is 212 g/mol. The quantitative estimate of drug-likeness (QED) is 0.688. The average Bonchev–Trinajstić information content (AvgIpc) is 2.56. The number of hydrogen-bond donors (Lipinski definition) is 0. The van der Waals surface area contributed by atoms with E-state index in [-0.39, 0.29) is 0 Å². The van der Waals surface area contributed by atoms with Gasteiger partial charge in [-0.1, -0.05) is 19.8 Å². The molecule has 2 aliphatic heterocycles. The Balaban J connectivity index is 2.01. The van der Waals surface area contributed by atoms with E-state index >= 15 is 0 Å². The second-order valence-corrected chi connectivity index (χ2v) is 5.58. The summed E-state index contributed by atoms with van der Waals surface area (Å²) in [5, 5.41) is 0. The maximum Gasteiger partial charge on any atom is 0.320 e. The molecular formula is C14H26N2O. The van der Waals surface area contributed by atoms with E-state index in [4.69, 9.17) is 0 Å². The Morgan fingerprint density at radius 3 is 2.35 bits per heavy atom. The highest BCUT2D eigenvalue weighted by Crippen LogP contribution is 2.27. The molecule has 0 aromatic rings. The normalized spacial score (nSPS) is 30.5. The van der Waals surface area contributed by atoms with E-state index in [0.29, 0.717) is 18.1 Å². The Morgan fingerprint density at radius 2 is 1.76 bits per heavy atom. The van der Waals surface area contributed by atoms with E-state index < -0.39 is 0 Å². The second-order valence-electron chi connectivity index (χ2n) is 5.58. The van der Waals surface area contributed by atoms with Crippen molar-refractivity contribution in [3.05, 3.63) is 0 Å². The summed E-state index contributed by atoms with van der Waals surface area (Å²) >= 11 is 0. The Hall–Kier alpha value is -0.730. The lowest BCUT2D eigenvalue weighted by Gasteiger charge is -2.33. The molecule has 3 heteroatoms. The van der Waals surface area contributed by atoms with Crippen molar-refractivity contribution in [2.75, 3.05) is 13.1 Å². The van der Waals surface area contributed by atoms with Gasteiger partial charge in [0.1, 0.15) is 0 Å². The van der Waals surface area contributed by atoms with Gasteiger partial charge in [-0.3, -0.25) is 0 Å². The van der Waals surface area contributed by atoms with Crippen molar-refractivity contribution in [3.8, 4) is 0 Å². The summed E-state index contributed by atoms with van der Waals surface area (Å²) in [5.74, 6) is 0. The predicted molar refractivity (Wildman–Crippen MR) is 70.1 cm³/mol. The van der Waals surface area contributed by atoms with Crippen LogP contribution in [0, 0.1) is 0 Å². The summed E-state index contributed by atoms with van der Waals surface area (Å²) < 4.78 is 0. The number of carbonyl (C=O) groups is 1. The molecule has 2 rings (SSSR count). The van der Waals surface area contributed by atoms with Gasteiger partial charge in [0.2, 0.25) is 0 Å². The molecule has 2 fully saturated rings. The van der Waals surface area contributed by atoms with Gasteiger partial charge in [0.05, 0.1) is 0 Å². The number of urea groups is 1. The number of nitrogens with zero attached hydrogens (tertiary/aromatic N) is 2. The van der Waals surface area contributed by atoms with Crippen LogP contribution in [-0.2, 0) is 0 Å². The van der Waals surface area contributed by atoms with Crippen molar-refractivity contribution in [2.45, 2.75) is 70.9 Å². The first-order valence-electron chi connectivity index (χ1n) is 7.31. The molecule has 2 saturated heterocycles. The molecule has 0 aromatic carbocycles. The molecule has 17 heavy (non-hydrogen) atoms. The van der Waals surface area contributed by atoms with Gasteiger partial charge in [0.25, 0.3) is 0 Å². The van der Waals surface area contributed by atoms with Gasteiger partial charge in [-0.2, -0.15) is 0 Å². The zero-order valence-electron chi connectivity index (χ0n) is 11.3. The average molecular weight is 238 g/mol. The summed E-state index contributed by atoms with van der Waals surface area (Å²) in [6.07, 6.45) is 8.42. The molecule has 2 aliphatic rings. The van der Waals surface area contributed by atoms with Crippen molar-refractivity contribution >= 4 is 6.03 Å². The van der Waals surface area contributed by atoms with Crippen molar-refractivity contribution in [2.24, 2.45) is 0 Å². The molecule has 0 bridgehead atoms. The SMILES string of the molecule is CCC1CCC(C)N1C(=O)N1CCCCCC1. The molecule has 0 aliphatic carbocycles. The topological polar surface area (TPSA) is 23.6 Å². The zero-order chi connectivity index (χ0) is 12.3. The minimum absolute atomic E-state index is 0.309. The maximum absolute atomic E-state index is 12.6. The Bertz CT molecular complexity index is 259. The number of likely N-dealkylation sites (tertiary alicyclic amines) is 2. The highest BCUT2D eigenvalue weighted by atomic mass is 16.2. The van der Waals surface area contributed by atoms with E-state index in [0.717, 1.165) is 19.5 Å². The largest absolute Gasteiger partial charge is 0.325 e. The molecule has 0 aromatic heterocycles. The molecule has 0 spiro atoms. The summed E-state index contributed by atoms with van der Waals surface area (Å²) in [7, 11) is 0. The van der Waals surface area contributed by atoms with Gasteiger partial charge >= 0.3 is 6.03 Å². The lowest BCUT2D eigenvalue weighted by atomic mass is 10.2. The highest BCUT2D eigenvalue weighted by molar-refractivity contribution is 5.75. The first kappa shape index (κ1) is 12.7. The van der Waals surface area contributed by atoms with E-state index in [9.17, 15) is 4.79 Å². The van der Waals surface area contributed by atoms with Crippen molar-refractivity contribution in [1.29, 1.82) is 0 Å². The Kier molecular flexibility index (Phi) is 4.30. The van der Waals surface area contributed by atoms with Crippen LogP contribution in [0.2, 0.25) is 0 Å². The first-order valence-corrected chi connectivity index (χ1v) is 7.31. The fraction of sp³-hybridized carbons (Fsp3) is 0.929. The number of carbonyl (C=O) groups excluding carboxylic acids is 1. The van der Waals surface area contributed by atoms with Crippen molar-refractivity contribution in [1.82, 2.24) is 9.80 Å². The van der Waals surface area contributed by atoms with Crippen LogP contribution >= 0.6 is 0 Å². The zero-order valence-corrected chi connectivity index (χ0v) is 11.3. The molecule has 0 saturated carbocycles. The van der Waals surface area contributed by atoms with Gasteiger partial charge in [0.15, 0.2) is 0 Å². The summed E-state index contributed by atoms with van der Waals surface area (Å²) in [4.78, 5) is 16.8. The van der Waals surface area contributed by atoms with Crippen LogP contribution in [0.5, 0.6) is 0 Å². The van der Waals surface area contributed by atoms with Gasteiger partial charge < -0.3 is 9.80 Å². The van der Waals surface area contributed by atoms with Gasteiger partial charge in [-0.15, -0.1) is 0 Å². The van der Waals surface area contributed by atoms with Crippen LogP contribution in [0.3, 0.4) is 0 Å². The third-order valence-corrected chi connectivity index (χ3v) is 4.35. The van der Waals surface area contributed by atoms with Crippen molar-refractivity contribution < 1.29 is 4.79 Å². The number of rotatable bonds is 1. The molecule has 2 atom stereocenters. The van der Waals surface area contributed by atoms with Crippen molar-refractivity contribution in [3.63, 3.8) is 0 Å². The van der Waals surface area contributed by atoms with Gasteiger partial charge in [0, 0.05) is 25.2 Å². The van der Waals surface area contributed by atoms with E-state index in [2.05, 4.69) is 23.6 Å². The molecule has 2 amide bonds.